The number of thiazole rings is 1. The lowest BCUT2D eigenvalue weighted by molar-refractivity contribution is 0.277. The molecule has 0 bridgehead atoms. The zero-order valence-corrected chi connectivity index (χ0v) is 18.2. The van der Waals surface area contributed by atoms with Crippen LogP contribution in [0.5, 0.6) is 11.5 Å². The first-order valence-corrected chi connectivity index (χ1v) is 10.9. The zero-order valence-electron chi connectivity index (χ0n) is 16.6. The fourth-order valence-corrected chi connectivity index (χ4v) is 4.05. The Balaban J connectivity index is 1.71. The molecule has 4 aromatic rings. The highest BCUT2D eigenvalue weighted by Gasteiger charge is 2.13. The number of fused-ring (bicyclic) bond motifs is 1. The van der Waals surface area contributed by atoms with Gasteiger partial charge in [0.2, 0.25) is 4.96 Å². The number of ether oxygens (including phenoxy) is 2. The fourth-order valence-electron chi connectivity index (χ4n) is 2.95. The second-order valence-corrected chi connectivity index (χ2v) is 7.99. The number of hydrogen-bond donors (Lipinski definition) is 0. The number of rotatable bonds is 7. The van der Waals surface area contributed by atoms with E-state index in [1.807, 2.05) is 43.3 Å². The third-order valence-corrected chi connectivity index (χ3v) is 5.49. The van der Waals surface area contributed by atoms with Crippen molar-refractivity contribution in [2.75, 3.05) is 13.2 Å². The third kappa shape index (κ3) is 4.17. The fraction of sp³-hybridized carbons (Fsp3) is 0.227. The van der Waals surface area contributed by atoms with Crippen LogP contribution >= 0.6 is 22.9 Å². The van der Waals surface area contributed by atoms with E-state index in [9.17, 15) is 4.79 Å². The first-order valence-electron chi connectivity index (χ1n) is 9.66. The Hall–Kier alpha value is -2.90. The van der Waals surface area contributed by atoms with E-state index >= 15 is 0 Å². The van der Waals surface area contributed by atoms with Crippen LogP contribution in [0.25, 0.3) is 22.4 Å². The molecule has 0 fully saturated rings. The van der Waals surface area contributed by atoms with Gasteiger partial charge >= 0.3 is 0 Å². The van der Waals surface area contributed by atoms with Crippen molar-refractivity contribution in [3.8, 4) is 22.9 Å². The molecule has 0 atom stereocenters. The van der Waals surface area contributed by atoms with E-state index < -0.39 is 0 Å². The molecule has 2 heterocycles. The summed E-state index contributed by atoms with van der Waals surface area (Å²) in [5.41, 5.74) is 1.41. The Bertz CT molecular complexity index is 1300. The second kappa shape index (κ2) is 8.85. The Kier molecular flexibility index (Phi) is 6.01. The molecule has 0 aliphatic heterocycles. The smallest absolute Gasteiger partial charge is 0.291 e. The first-order chi connectivity index (χ1) is 14.6. The van der Waals surface area contributed by atoms with E-state index in [-0.39, 0.29) is 5.56 Å². The largest absolute Gasteiger partial charge is 0.490 e. The van der Waals surface area contributed by atoms with E-state index in [1.54, 1.807) is 12.1 Å². The van der Waals surface area contributed by atoms with Gasteiger partial charge in [0.15, 0.2) is 17.3 Å². The van der Waals surface area contributed by atoms with Gasteiger partial charge in [0, 0.05) is 10.6 Å². The van der Waals surface area contributed by atoms with Gasteiger partial charge in [0.05, 0.1) is 17.7 Å². The lowest BCUT2D eigenvalue weighted by Crippen LogP contribution is -2.23. The summed E-state index contributed by atoms with van der Waals surface area (Å²) in [6, 6.07) is 12.9. The summed E-state index contributed by atoms with van der Waals surface area (Å²) in [5, 5.41) is 4.96. The maximum absolute atomic E-state index is 12.8. The molecule has 0 amide bonds. The molecule has 2 aromatic heterocycles. The lowest BCUT2D eigenvalue weighted by Gasteiger charge is -2.11. The van der Waals surface area contributed by atoms with Gasteiger partial charge in [0.1, 0.15) is 0 Å². The molecule has 0 saturated carbocycles. The summed E-state index contributed by atoms with van der Waals surface area (Å²) in [6.07, 6.45) is 2.73. The van der Waals surface area contributed by atoms with Crippen LogP contribution in [-0.4, -0.2) is 27.8 Å². The predicted molar refractivity (Wildman–Crippen MR) is 120 cm³/mol. The maximum Gasteiger partial charge on any atom is 0.291 e. The molecule has 0 unspecified atom stereocenters. The van der Waals surface area contributed by atoms with Crippen molar-refractivity contribution >= 4 is 34.0 Å². The summed E-state index contributed by atoms with van der Waals surface area (Å²) in [7, 11) is 0. The highest BCUT2D eigenvalue weighted by atomic mass is 35.5. The van der Waals surface area contributed by atoms with Crippen molar-refractivity contribution in [1.82, 2.24) is 14.6 Å². The van der Waals surface area contributed by atoms with Gasteiger partial charge in [-0.3, -0.25) is 4.79 Å². The van der Waals surface area contributed by atoms with Gasteiger partial charge in [-0.05, 0) is 49.2 Å². The molecule has 0 aliphatic carbocycles. The quantitative estimate of drug-likeness (QED) is 0.430. The Morgan fingerprint density at radius 1 is 1.13 bits per heavy atom. The predicted octanol–water partition coefficient (Wildman–Crippen LogP) is 4.21. The highest BCUT2D eigenvalue weighted by Crippen LogP contribution is 2.29. The summed E-state index contributed by atoms with van der Waals surface area (Å²) in [6.45, 7) is 5.13. The average Bonchev–Trinajstić information content (AvgIpc) is 3.27. The molecule has 4 rings (SSSR count). The molecule has 2 aromatic carbocycles. The van der Waals surface area contributed by atoms with Crippen molar-refractivity contribution in [1.29, 1.82) is 0 Å². The highest BCUT2D eigenvalue weighted by molar-refractivity contribution is 7.15. The number of benzene rings is 2. The summed E-state index contributed by atoms with van der Waals surface area (Å²) in [5.74, 6) is 1.84. The van der Waals surface area contributed by atoms with Crippen LogP contribution in [-0.2, 0) is 0 Å². The minimum Gasteiger partial charge on any atom is -0.490 e. The van der Waals surface area contributed by atoms with Crippen LogP contribution in [0.1, 0.15) is 25.8 Å². The van der Waals surface area contributed by atoms with Crippen molar-refractivity contribution < 1.29 is 9.47 Å². The van der Waals surface area contributed by atoms with Crippen LogP contribution in [0.3, 0.4) is 0 Å². The first kappa shape index (κ1) is 20.4. The van der Waals surface area contributed by atoms with Gasteiger partial charge in [-0.1, -0.05) is 48.1 Å². The summed E-state index contributed by atoms with van der Waals surface area (Å²) < 4.78 is 13.3. The monoisotopic (exact) mass is 441 g/mol. The number of halogens is 1. The molecule has 6 nitrogen and oxygen atoms in total. The Labute approximate surface area is 182 Å². The third-order valence-electron chi connectivity index (χ3n) is 4.29. The van der Waals surface area contributed by atoms with Gasteiger partial charge < -0.3 is 9.47 Å². The zero-order chi connectivity index (χ0) is 21.1. The van der Waals surface area contributed by atoms with Crippen molar-refractivity contribution in [3.63, 3.8) is 0 Å². The number of aromatic nitrogens is 3. The van der Waals surface area contributed by atoms with Crippen LogP contribution in [0.2, 0.25) is 5.02 Å². The molecule has 8 heteroatoms. The van der Waals surface area contributed by atoms with E-state index in [0.29, 0.717) is 45.1 Å². The van der Waals surface area contributed by atoms with Crippen molar-refractivity contribution in [2.45, 2.75) is 20.3 Å². The topological polar surface area (TPSA) is 65.7 Å². The van der Waals surface area contributed by atoms with E-state index in [0.717, 1.165) is 17.5 Å². The molecule has 0 aliphatic rings. The minimum absolute atomic E-state index is 0.208. The molecular weight excluding hydrogens is 422 g/mol. The normalized spacial score (nSPS) is 11.9. The van der Waals surface area contributed by atoms with E-state index in [4.69, 9.17) is 21.1 Å². The number of hydrogen-bond acceptors (Lipinski definition) is 6. The van der Waals surface area contributed by atoms with Crippen LogP contribution < -0.4 is 19.6 Å². The second-order valence-electron chi connectivity index (χ2n) is 6.54. The maximum atomic E-state index is 12.8. The van der Waals surface area contributed by atoms with E-state index in [2.05, 4.69) is 17.0 Å². The van der Waals surface area contributed by atoms with E-state index in [1.165, 1.54) is 15.9 Å². The molecule has 154 valence electrons. The standard InChI is InChI=1S/C22H20ClN3O3S/c1-3-10-29-17-9-8-14(11-18(17)28-4-2)12-19-21(27)26-22(30-19)24-20(25-26)15-6-5-7-16(23)13-15/h5-9,11-13H,3-4,10H2,1-2H3/b19-12-. The molecule has 30 heavy (non-hydrogen) atoms. The van der Waals surface area contributed by atoms with Gasteiger partial charge in [-0.2, -0.15) is 9.50 Å². The van der Waals surface area contributed by atoms with Gasteiger partial charge in [-0.15, -0.1) is 5.10 Å². The summed E-state index contributed by atoms with van der Waals surface area (Å²) >= 11 is 7.33. The lowest BCUT2D eigenvalue weighted by atomic mass is 10.2. The van der Waals surface area contributed by atoms with Crippen LogP contribution in [0.15, 0.2) is 47.3 Å². The number of nitrogens with zero attached hydrogens (tertiary/aromatic N) is 3. The Morgan fingerprint density at radius 2 is 2.00 bits per heavy atom. The SMILES string of the molecule is CCCOc1ccc(/C=c2\sc3nc(-c4cccc(Cl)c4)nn3c2=O)cc1OCC. The molecule has 0 radical (unpaired) electrons. The summed E-state index contributed by atoms with van der Waals surface area (Å²) in [4.78, 5) is 17.8. The molecular formula is C22H20ClN3O3S. The average molecular weight is 442 g/mol. The van der Waals surface area contributed by atoms with Crippen LogP contribution in [0.4, 0.5) is 0 Å². The minimum atomic E-state index is -0.208. The van der Waals surface area contributed by atoms with Gasteiger partial charge in [-0.25, -0.2) is 0 Å². The van der Waals surface area contributed by atoms with Gasteiger partial charge in [0.25, 0.3) is 5.56 Å². The Morgan fingerprint density at radius 3 is 2.73 bits per heavy atom. The van der Waals surface area contributed by atoms with Crippen molar-refractivity contribution in [2.24, 2.45) is 0 Å². The molecule has 0 spiro atoms. The van der Waals surface area contributed by atoms with Crippen LogP contribution in [0, 0.1) is 0 Å². The molecule has 0 N–H and O–H groups in total. The molecule has 0 saturated heterocycles. The van der Waals surface area contributed by atoms with Crippen molar-refractivity contribution in [3.05, 3.63) is 67.9 Å².